The maximum absolute atomic E-state index is 13.1. The number of fused-ring (bicyclic) bond motifs is 2. The second-order valence-electron chi connectivity index (χ2n) is 6.35. The molecular weight excluding hydrogens is 294 g/mol. The number of benzene rings is 3. The molecular formula is C22H19NO. The molecule has 118 valence electrons. The maximum atomic E-state index is 13.1. The van der Waals surface area contributed by atoms with Crippen LogP contribution in [0.25, 0.3) is 0 Å². The summed E-state index contributed by atoms with van der Waals surface area (Å²) >= 11 is 0. The molecule has 0 bridgehead atoms. The molecule has 0 saturated heterocycles. The standard InChI is InChI=1S/C22H19NO/c1-16-11-12-21-20(13-16)22(24)19-10-6-5-9-18(19)15-23(21)14-17-7-3-2-4-8-17/h2-13H,14-15H2,1H3. The van der Waals surface area contributed by atoms with Gasteiger partial charge in [-0.3, -0.25) is 4.79 Å². The van der Waals surface area contributed by atoms with Crippen molar-refractivity contribution >= 4 is 11.5 Å². The summed E-state index contributed by atoms with van der Waals surface area (Å²) in [7, 11) is 0. The number of ketones is 1. The average molecular weight is 313 g/mol. The molecule has 1 heterocycles. The summed E-state index contributed by atoms with van der Waals surface area (Å²) in [5, 5.41) is 0. The lowest BCUT2D eigenvalue weighted by atomic mass is 9.98. The van der Waals surface area contributed by atoms with E-state index in [0.717, 1.165) is 41.0 Å². The first-order valence-electron chi connectivity index (χ1n) is 8.24. The average Bonchev–Trinajstić information content (AvgIpc) is 2.72. The van der Waals surface area contributed by atoms with Crippen LogP contribution in [-0.2, 0) is 13.1 Å². The van der Waals surface area contributed by atoms with E-state index in [1.807, 2.05) is 37.3 Å². The molecule has 2 nitrogen and oxygen atoms in total. The van der Waals surface area contributed by atoms with E-state index in [9.17, 15) is 4.79 Å². The monoisotopic (exact) mass is 313 g/mol. The van der Waals surface area contributed by atoms with E-state index in [4.69, 9.17) is 0 Å². The Morgan fingerprint density at radius 2 is 1.62 bits per heavy atom. The van der Waals surface area contributed by atoms with Crippen molar-refractivity contribution in [1.29, 1.82) is 0 Å². The second kappa shape index (κ2) is 5.97. The maximum Gasteiger partial charge on any atom is 0.195 e. The quantitative estimate of drug-likeness (QED) is 0.680. The van der Waals surface area contributed by atoms with Crippen molar-refractivity contribution in [3.63, 3.8) is 0 Å². The molecule has 0 amide bonds. The predicted molar refractivity (Wildman–Crippen MR) is 97.4 cm³/mol. The first-order chi connectivity index (χ1) is 11.7. The Balaban J connectivity index is 1.85. The van der Waals surface area contributed by atoms with Gasteiger partial charge in [0.05, 0.1) is 0 Å². The Morgan fingerprint density at radius 3 is 2.46 bits per heavy atom. The molecule has 1 aliphatic rings. The number of hydrogen-bond acceptors (Lipinski definition) is 2. The van der Waals surface area contributed by atoms with Gasteiger partial charge in [0.2, 0.25) is 0 Å². The highest BCUT2D eigenvalue weighted by molar-refractivity contribution is 6.14. The van der Waals surface area contributed by atoms with Crippen LogP contribution in [0.1, 0.15) is 32.6 Å². The zero-order valence-electron chi connectivity index (χ0n) is 13.7. The Kier molecular flexibility index (Phi) is 3.66. The lowest BCUT2D eigenvalue weighted by Crippen LogP contribution is -2.22. The van der Waals surface area contributed by atoms with Crippen molar-refractivity contribution in [3.8, 4) is 0 Å². The van der Waals surface area contributed by atoms with E-state index in [1.54, 1.807) is 0 Å². The third-order valence-corrected chi connectivity index (χ3v) is 4.58. The molecule has 0 spiro atoms. The Hall–Kier alpha value is -2.87. The van der Waals surface area contributed by atoms with Gasteiger partial charge in [-0.15, -0.1) is 0 Å². The highest BCUT2D eigenvalue weighted by Crippen LogP contribution is 2.32. The SMILES string of the molecule is Cc1ccc2c(c1)C(=O)c1ccccc1CN2Cc1ccccc1. The Bertz CT molecular complexity index is 899. The van der Waals surface area contributed by atoms with Crippen LogP contribution in [0.4, 0.5) is 5.69 Å². The molecule has 24 heavy (non-hydrogen) atoms. The zero-order chi connectivity index (χ0) is 16.5. The van der Waals surface area contributed by atoms with Crippen LogP contribution in [0.15, 0.2) is 72.8 Å². The van der Waals surface area contributed by atoms with E-state index in [-0.39, 0.29) is 5.78 Å². The third kappa shape index (κ3) is 2.61. The normalized spacial score (nSPS) is 13.2. The van der Waals surface area contributed by atoms with Crippen LogP contribution >= 0.6 is 0 Å². The molecule has 0 atom stereocenters. The number of aryl methyl sites for hydroxylation is 1. The van der Waals surface area contributed by atoms with E-state index in [1.165, 1.54) is 5.56 Å². The number of carbonyl (C=O) groups is 1. The fourth-order valence-corrected chi connectivity index (χ4v) is 3.37. The first-order valence-corrected chi connectivity index (χ1v) is 8.24. The number of hydrogen-bond donors (Lipinski definition) is 0. The van der Waals surface area contributed by atoms with Crippen LogP contribution in [0.2, 0.25) is 0 Å². The summed E-state index contributed by atoms with van der Waals surface area (Å²) in [6, 6.07) is 24.5. The Morgan fingerprint density at radius 1 is 0.875 bits per heavy atom. The third-order valence-electron chi connectivity index (χ3n) is 4.58. The summed E-state index contributed by atoms with van der Waals surface area (Å²) in [4.78, 5) is 15.4. The zero-order valence-corrected chi connectivity index (χ0v) is 13.7. The van der Waals surface area contributed by atoms with Crippen LogP contribution < -0.4 is 4.90 Å². The minimum atomic E-state index is 0.125. The molecule has 3 aromatic carbocycles. The fourth-order valence-electron chi connectivity index (χ4n) is 3.37. The summed E-state index contributed by atoms with van der Waals surface area (Å²) in [5.41, 5.74) is 6.09. The second-order valence-corrected chi connectivity index (χ2v) is 6.35. The fraction of sp³-hybridized carbons (Fsp3) is 0.136. The lowest BCUT2D eigenvalue weighted by molar-refractivity contribution is 0.103. The Labute approximate surface area is 142 Å². The van der Waals surface area contributed by atoms with Crippen LogP contribution in [-0.4, -0.2) is 5.78 Å². The largest absolute Gasteiger partial charge is 0.362 e. The molecule has 4 rings (SSSR count). The molecule has 0 aliphatic carbocycles. The summed E-state index contributed by atoms with van der Waals surface area (Å²) < 4.78 is 0. The van der Waals surface area contributed by atoms with Gasteiger partial charge in [0.25, 0.3) is 0 Å². The smallest absolute Gasteiger partial charge is 0.195 e. The van der Waals surface area contributed by atoms with Crippen molar-refractivity contribution in [3.05, 3.63) is 101 Å². The number of anilines is 1. The van der Waals surface area contributed by atoms with E-state index < -0.39 is 0 Å². The minimum Gasteiger partial charge on any atom is -0.362 e. The van der Waals surface area contributed by atoms with Crippen molar-refractivity contribution in [2.45, 2.75) is 20.0 Å². The summed E-state index contributed by atoms with van der Waals surface area (Å²) in [6.45, 7) is 3.57. The number of nitrogens with zero attached hydrogens (tertiary/aromatic N) is 1. The molecule has 0 fully saturated rings. The molecule has 0 unspecified atom stereocenters. The van der Waals surface area contributed by atoms with Crippen molar-refractivity contribution in [1.82, 2.24) is 0 Å². The molecule has 0 N–H and O–H groups in total. The molecule has 0 saturated carbocycles. The van der Waals surface area contributed by atoms with Gasteiger partial charge < -0.3 is 4.90 Å². The summed E-state index contributed by atoms with van der Waals surface area (Å²) in [5.74, 6) is 0.125. The molecule has 0 radical (unpaired) electrons. The van der Waals surface area contributed by atoms with Gasteiger partial charge in [-0.25, -0.2) is 0 Å². The van der Waals surface area contributed by atoms with E-state index >= 15 is 0 Å². The van der Waals surface area contributed by atoms with Crippen LogP contribution in [0, 0.1) is 6.92 Å². The van der Waals surface area contributed by atoms with Gasteiger partial charge in [-0.1, -0.05) is 66.2 Å². The molecule has 0 aromatic heterocycles. The van der Waals surface area contributed by atoms with E-state index in [0.29, 0.717) is 0 Å². The predicted octanol–water partition coefficient (Wildman–Crippen LogP) is 4.75. The highest BCUT2D eigenvalue weighted by atomic mass is 16.1. The van der Waals surface area contributed by atoms with Gasteiger partial charge in [0.15, 0.2) is 5.78 Å². The minimum absolute atomic E-state index is 0.125. The van der Waals surface area contributed by atoms with Crippen LogP contribution in [0.5, 0.6) is 0 Å². The van der Waals surface area contributed by atoms with Gasteiger partial charge >= 0.3 is 0 Å². The van der Waals surface area contributed by atoms with Gasteiger partial charge in [-0.2, -0.15) is 0 Å². The van der Waals surface area contributed by atoms with E-state index in [2.05, 4.69) is 47.4 Å². The highest BCUT2D eigenvalue weighted by Gasteiger charge is 2.25. The summed E-state index contributed by atoms with van der Waals surface area (Å²) in [6.07, 6.45) is 0. The van der Waals surface area contributed by atoms with Crippen molar-refractivity contribution < 1.29 is 4.79 Å². The van der Waals surface area contributed by atoms with Crippen molar-refractivity contribution in [2.75, 3.05) is 4.90 Å². The first kappa shape index (κ1) is 14.7. The van der Waals surface area contributed by atoms with Crippen LogP contribution in [0.3, 0.4) is 0 Å². The number of carbonyl (C=O) groups excluding carboxylic acids is 1. The van der Waals surface area contributed by atoms with Gasteiger partial charge in [0, 0.05) is 29.9 Å². The lowest BCUT2D eigenvalue weighted by Gasteiger charge is -2.25. The molecule has 3 aromatic rings. The molecule has 2 heteroatoms. The van der Waals surface area contributed by atoms with Crippen molar-refractivity contribution in [2.24, 2.45) is 0 Å². The molecule has 1 aliphatic heterocycles. The number of rotatable bonds is 2. The topological polar surface area (TPSA) is 20.3 Å². The van der Waals surface area contributed by atoms with Gasteiger partial charge in [0.1, 0.15) is 0 Å². The van der Waals surface area contributed by atoms with Gasteiger partial charge in [-0.05, 0) is 30.2 Å².